The number of carbonyl (C=O) groups is 1. The molecule has 0 bridgehead atoms. The van der Waals surface area contributed by atoms with Crippen LogP contribution in [0.3, 0.4) is 0 Å². The molecule has 1 aliphatic heterocycles. The Hall–Kier alpha value is -4.45. The van der Waals surface area contributed by atoms with Crippen LogP contribution in [0, 0.1) is 11.6 Å². The van der Waals surface area contributed by atoms with Crippen molar-refractivity contribution < 1.29 is 23.0 Å². The summed E-state index contributed by atoms with van der Waals surface area (Å²) < 4.78 is 39.4. The molecule has 0 saturated carbocycles. The molecule has 4 aromatic rings. The van der Waals surface area contributed by atoms with Crippen molar-refractivity contribution in [1.29, 1.82) is 0 Å². The summed E-state index contributed by atoms with van der Waals surface area (Å²) in [6, 6.07) is 13.5. The second-order valence-corrected chi connectivity index (χ2v) is 9.56. The van der Waals surface area contributed by atoms with Crippen molar-refractivity contribution in [2.45, 2.75) is 19.4 Å². The summed E-state index contributed by atoms with van der Waals surface area (Å²) in [4.78, 5) is 30.4. The minimum absolute atomic E-state index is 0.0462. The van der Waals surface area contributed by atoms with Gasteiger partial charge in [-0.05, 0) is 61.4 Å². The van der Waals surface area contributed by atoms with Gasteiger partial charge in [0.15, 0.2) is 11.6 Å². The number of aromatic nitrogens is 5. The molecule has 1 aliphatic rings. The third kappa shape index (κ3) is 7.20. The molecule has 0 atom stereocenters. The SMILES string of the molecule is COCCCCOc1cc(N2CCN(C(=O)Cn3nc(-c4ccc(F)cc4)nc3-c3ccc(F)cc3)CC2)ncn1. The molecule has 3 heterocycles. The Kier molecular flexibility index (Phi) is 9.09. The number of piperazine rings is 1. The normalized spacial score (nSPS) is 13.4. The van der Waals surface area contributed by atoms with Crippen LogP contribution in [0.25, 0.3) is 22.8 Å². The van der Waals surface area contributed by atoms with Gasteiger partial charge in [-0.3, -0.25) is 4.79 Å². The van der Waals surface area contributed by atoms with Gasteiger partial charge in [0.05, 0.1) is 6.61 Å². The summed E-state index contributed by atoms with van der Waals surface area (Å²) in [7, 11) is 1.68. The van der Waals surface area contributed by atoms with Crippen molar-refractivity contribution in [2.75, 3.05) is 51.4 Å². The van der Waals surface area contributed by atoms with E-state index in [-0.39, 0.29) is 24.1 Å². The van der Waals surface area contributed by atoms with E-state index in [1.807, 2.05) is 6.07 Å². The van der Waals surface area contributed by atoms with Gasteiger partial charge in [-0.1, -0.05) is 0 Å². The number of hydrogen-bond donors (Lipinski definition) is 0. The average molecular weight is 564 g/mol. The predicted octanol–water partition coefficient (Wildman–Crippen LogP) is 3.83. The minimum Gasteiger partial charge on any atom is -0.478 e. The van der Waals surface area contributed by atoms with E-state index in [0.717, 1.165) is 18.7 Å². The Morgan fingerprint density at radius 1 is 0.878 bits per heavy atom. The number of nitrogens with zero attached hydrogens (tertiary/aromatic N) is 7. The van der Waals surface area contributed by atoms with Crippen LogP contribution >= 0.6 is 0 Å². The Bertz CT molecular complexity index is 1440. The lowest BCUT2D eigenvalue weighted by Crippen LogP contribution is -2.50. The number of halogens is 2. The topological polar surface area (TPSA) is 98.5 Å². The fourth-order valence-corrected chi connectivity index (χ4v) is 4.51. The molecule has 2 aromatic carbocycles. The molecule has 0 spiro atoms. The van der Waals surface area contributed by atoms with Crippen LogP contribution < -0.4 is 9.64 Å². The van der Waals surface area contributed by atoms with Gasteiger partial charge in [0.1, 0.15) is 30.3 Å². The molecule has 0 radical (unpaired) electrons. The maximum Gasteiger partial charge on any atom is 0.244 e. The molecule has 0 aliphatic carbocycles. The molecule has 2 aromatic heterocycles. The van der Waals surface area contributed by atoms with Gasteiger partial charge >= 0.3 is 0 Å². The third-order valence-electron chi connectivity index (χ3n) is 6.74. The van der Waals surface area contributed by atoms with Crippen LogP contribution in [-0.4, -0.2) is 82.0 Å². The molecule has 5 rings (SSSR count). The quantitative estimate of drug-likeness (QED) is 0.254. The molecule has 1 fully saturated rings. The van der Waals surface area contributed by atoms with Crippen LogP contribution in [0.5, 0.6) is 5.88 Å². The largest absolute Gasteiger partial charge is 0.478 e. The zero-order valence-electron chi connectivity index (χ0n) is 22.7. The summed E-state index contributed by atoms with van der Waals surface area (Å²) in [6.45, 7) is 3.39. The van der Waals surface area contributed by atoms with E-state index >= 15 is 0 Å². The van der Waals surface area contributed by atoms with Gasteiger partial charge in [-0.25, -0.2) is 28.4 Å². The highest BCUT2D eigenvalue weighted by molar-refractivity contribution is 5.77. The first kappa shape index (κ1) is 28.1. The highest BCUT2D eigenvalue weighted by atomic mass is 19.1. The van der Waals surface area contributed by atoms with Crippen LogP contribution in [0.1, 0.15) is 12.8 Å². The van der Waals surface area contributed by atoms with E-state index in [1.54, 1.807) is 36.3 Å². The van der Waals surface area contributed by atoms with E-state index < -0.39 is 0 Å². The van der Waals surface area contributed by atoms with E-state index in [9.17, 15) is 13.6 Å². The molecule has 12 heteroatoms. The summed E-state index contributed by atoms with van der Waals surface area (Å²) in [5.74, 6) is 1.17. The highest BCUT2D eigenvalue weighted by Gasteiger charge is 2.24. The zero-order valence-corrected chi connectivity index (χ0v) is 22.7. The number of hydrogen-bond acceptors (Lipinski definition) is 8. The first-order valence-electron chi connectivity index (χ1n) is 13.4. The molecular formula is C29H31F2N7O3. The number of unbranched alkanes of at least 4 members (excludes halogenated alkanes) is 1. The fourth-order valence-electron chi connectivity index (χ4n) is 4.51. The number of rotatable bonds is 11. The predicted molar refractivity (Wildman–Crippen MR) is 148 cm³/mol. The highest BCUT2D eigenvalue weighted by Crippen LogP contribution is 2.24. The van der Waals surface area contributed by atoms with Crippen LogP contribution in [-0.2, 0) is 16.1 Å². The summed E-state index contributed by atoms with van der Waals surface area (Å²) >= 11 is 0. The number of carbonyl (C=O) groups excluding carboxylic acids is 1. The Labute approximate surface area is 236 Å². The molecule has 10 nitrogen and oxygen atoms in total. The number of benzene rings is 2. The first-order chi connectivity index (χ1) is 20.0. The molecule has 0 N–H and O–H groups in total. The lowest BCUT2D eigenvalue weighted by Gasteiger charge is -2.35. The summed E-state index contributed by atoms with van der Waals surface area (Å²) in [5, 5.41) is 4.55. The molecule has 214 valence electrons. The smallest absolute Gasteiger partial charge is 0.244 e. The van der Waals surface area contributed by atoms with Crippen molar-refractivity contribution in [3.63, 3.8) is 0 Å². The van der Waals surface area contributed by atoms with Gasteiger partial charge in [-0.15, -0.1) is 5.10 Å². The number of anilines is 1. The number of ether oxygens (including phenoxy) is 2. The monoisotopic (exact) mass is 563 g/mol. The van der Waals surface area contributed by atoms with E-state index in [0.29, 0.717) is 68.0 Å². The molecule has 1 saturated heterocycles. The molecule has 0 unspecified atom stereocenters. The molecular weight excluding hydrogens is 532 g/mol. The van der Waals surface area contributed by atoms with Crippen molar-refractivity contribution in [2.24, 2.45) is 0 Å². The van der Waals surface area contributed by atoms with Crippen LogP contribution in [0.15, 0.2) is 60.9 Å². The maximum atomic E-state index is 13.6. The lowest BCUT2D eigenvalue weighted by atomic mass is 10.2. The van der Waals surface area contributed by atoms with Crippen LogP contribution in [0.2, 0.25) is 0 Å². The zero-order chi connectivity index (χ0) is 28.6. The van der Waals surface area contributed by atoms with Crippen molar-refractivity contribution in [3.8, 4) is 28.7 Å². The van der Waals surface area contributed by atoms with E-state index in [2.05, 4.69) is 25.0 Å². The number of methoxy groups -OCH3 is 1. The van der Waals surface area contributed by atoms with E-state index in [1.165, 1.54) is 35.3 Å². The minimum atomic E-state index is -0.378. The molecule has 1 amide bonds. The summed E-state index contributed by atoms with van der Waals surface area (Å²) in [6.07, 6.45) is 3.27. The Morgan fingerprint density at radius 3 is 2.22 bits per heavy atom. The fraction of sp³-hybridized carbons (Fsp3) is 0.345. The summed E-state index contributed by atoms with van der Waals surface area (Å²) in [5.41, 5.74) is 1.23. The van der Waals surface area contributed by atoms with Gasteiger partial charge < -0.3 is 19.3 Å². The van der Waals surface area contributed by atoms with Gasteiger partial charge in [0.25, 0.3) is 0 Å². The standard InChI is InChI=1S/C29H31F2N7O3/c1-40-16-2-3-17-41-26-18-25(32-20-33-26)36-12-14-37(15-13-36)27(39)19-38-29(22-6-10-24(31)11-7-22)34-28(35-38)21-4-8-23(30)9-5-21/h4-11,18,20H,2-3,12-17,19H2,1H3. The second kappa shape index (κ2) is 13.3. The third-order valence-corrected chi connectivity index (χ3v) is 6.74. The average Bonchev–Trinajstić information content (AvgIpc) is 3.41. The number of amides is 1. The van der Waals surface area contributed by atoms with Crippen molar-refractivity contribution >= 4 is 11.7 Å². The van der Waals surface area contributed by atoms with Gasteiger partial charge in [0, 0.05) is 57.1 Å². The maximum absolute atomic E-state index is 13.6. The van der Waals surface area contributed by atoms with Crippen molar-refractivity contribution in [3.05, 3.63) is 72.6 Å². The van der Waals surface area contributed by atoms with Gasteiger partial charge in [-0.2, -0.15) is 0 Å². The molecule has 41 heavy (non-hydrogen) atoms. The Balaban J connectivity index is 1.24. The Morgan fingerprint density at radius 2 is 1.54 bits per heavy atom. The van der Waals surface area contributed by atoms with E-state index in [4.69, 9.17) is 9.47 Å². The van der Waals surface area contributed by atoms with Crippen LogP contribution in [0.4, 0.5) is 14.6 Å². The first-order valence-corrected chi connectivity index (χ1v) is 13.4. The lowest BCUT2D eigenvalue weighted by molar-refractivity contribution is -0.132. The van der Waals surface area contributed by atoms with Gasteiger partial charge in [0.2, 0.25) is 11.8 Å². The van der Waals surface area contributed by atoms with Crippen molar-refractivity contribution in [1.82, 2.24) is 29.6 Å². The second-order valence-electron chi connectivity index (χ2n) is 9.56.